The predicted octanol–water partition coefficient (Wildman–Crippen LogP) is 5.09. The highest BCUT2D eigenvalue weighted by molar-refractivity contribution is 4.74. The van der Waals surface area contributed by atoms with Gasteiger partial charge in [0.25, 0.3) is 0 Å². The van der Waals surface area contributed by atoms with Crippen LogP contribution in [0, 0.1) is 0 Å². The lowest BCUT2D eigenvalue weighted by Crippen LogP contribution is -2.42. The van der Waals surface area contributed by atoms with Crippen LogP contribution in [0.15, 0.2) is 0 Å². The molecule has 5 nitrogen and oxygen atoms in total. The van der Waals surface area contributed by atoms with E-state index in [2.05, 4.69) is 6.92 Å². The Bertz CT molecular complexity index is 352. The Hall–Kier alpha value is -0.200. The standard InChI is InChI=1S/C24H48O5/c1-2-3-4-5-6-7-8-9-10-11-12-13-14-15-21(26)18-19-28-24-17-16-22(27)23(20-25)29-24/h21-27H,2-20H2,1H3. The van der Waals surface area contributed by atoms with Crippen molar-refractivity contribution in [3.63, 3.8) is 0 Å². The second-order valence-corrected chi connectivity index (χ2v) is 8.78. The Kier molecular flexibility index (Phi) is 17.2. The monoisotopic (exact) mass is 416 g/mol. The summed E-state index contributed by atoms with van der Waals surface area (Å²) in [5.41, 5.74) is 0. The van der Waals surface area contributed by atoms with Crippen LogP contribution >= 0.6 is 0 Å². The van der Waals surface area contributed by atoms with E-state index in [1.165, 1.54) is 77.0 Å². The van der Waals surface area contributed by atoms with Crippen molar-refractivity contribution in [2.75, 3.05) is 13.2 Å². The van der Waals surface area contributed by atoms with Crippen molar-refractivity contribution >= 4 is 0 Å². The maximum atomic E-state index is 10.1. The van der Waals surface area contributed by atoms with Crippen molar-refractivity contribution < 1.29 is 24.8 Å². The van der Waals surface area contributed by atoms with Crippen molar-refractivity contribution in [3.05, 3.63) is 0 Å². The molecule has 0 radical (unpaired) electrons. The van der Waals surface area contributed by atoms with Crippen molar-refractivity contribution in [2.24, 2.45) is 0 Å². The van der Waals surface area contributed by atoms with Gasteiger partial charge in [0.1, 0.15) is 6.10 Å². The van der Waals surface area contributed by atoms with Crippen LogP contribution in [0.3, 0.4) is 0 Å². The van der Waals surface area contributed by atoms with E-state index in [0.29, 0.717) is 25.9 Å². The van der Waals surface area contributed by atoms with Crippen molar-refractivity contribution in [1.29, 1.82) is 0 Å². The SMILES string of the molecule is CCCCCCCCCCCCCCCC(O)CCOC1CCC(O)C(CO)O1. The molecule has 0 saturated carbocycles. The van der Waals surface area contributed by atoms with Crippen molar-refractivity contribution in [1.82, 2.24) is 0 Å². The molecule has 3 N–H and O–H groups in total. The zero-order valence-corrected chi connectivity index (χ0v) is 18.9. The van der Waals surface area contributed by atoms with Crippen LogP contribution in [0.4, 0.5) is 0 Å². The third-order valence-electron chi connectivity index (χ3n) is 6.03. The Labute approximate surface area is 179 Å². The highest BCUT2D eigenvalue weighted by Gasteiger charge is 2.29. The highest BCUT2D eigenvalue weighted by atomic mass is 16.7. The molecule has 29 heavy (non-hydrogen) atoms. The van der Waals surface area contributed by atoms with E-state index in [0.717, 1.165) is 12.8 Å². The number of aliphatic hydroxyl groups excluding tert-OH is 3. The van der Waals surface area contributed by atoms with Gasteiger partial charge >= 0.3 is 0 Å². The van der Waals surface area contributed by atoms with Gasteiger partial charge in [-0.1, -0.05) is 90.4 Å². The number of aliphatic hydroxyl groups is 3. The maximum absolute atomic E-state index is 10.1. The maximum Gasteiger partial charge on any atom is 0.158 e. The van der Waals surface area contributed by atoms with E-state index in [9.17, 15) is 10.2 Å². The summed E-state index contributed by atoms with van der Waals surface area (Å²) in [5, 5.41) is 28.9. The number of hydrogen-bond donors (Lipinski definition) is 3. The van der Waals surface area contributed by atoms with Gasteiger partial charge in [0.15, 0.2) is 6.29 Å². The van der Waals surface area contributed by atoms with Gasteiger partial charge in [-0.2, -0.15) is 0 Å². The van der Waals surface area contributed by atoms with E-state index in [1.807, 2.05) is 0 Å². The van der Waals surface area contributed by atoms with Crippen LogP contribution < -0.4 is 0 Å². The van der Waals surface area contributed by atoms with Gasteiger partial charge in [-0.15, -0.1) is 0 Å². The number of hydrogen-bond acceptors (Lipinski definition) is 5. The fourth-order valence-corrected chi connectivity index (χ4v) is 4.01. The van der Waals surface area contributed by atoms with Gasteiger partial charge in [-0.05, 0) is 19.3 Å². The summed E-state index contributed by atoms with van der Waals surface area (Å²) in [4.78, 5) is 0. The minimum Gasteiger partial charge on any atom is -0.394 e. The van der Waals surface area contributed by atoms with E-state index >= 15 is 0 Å². The molecule has 1 rings (SSSR count). The molecule has 4 unspecified atom stereocenters. The van der Waals surface area contributed by atoms with Crippen molar-refractivity contribution in [2.45, 2.75) is 141 Å². The number of ether oxygens (including phenoxy) is 2. The van der Waals surface area contributed by atoms with Gasteiger partial charge < -0.3 is 24.8 Å². The summed E-state index contributed by atoms with van der Waals surface area (Å²) in [6.45, 7) is 2.53. The summed E-state index contributed by atoms with van der Waals surface area (Å²) in [6.07, 6.45) is 18.2. The second-order valence-electron chi connectivity index (χ2n) is 8.78. The third-order valence-corrected chi connectivity index (χ3v) is 6.03. The molecule has 1 heterocycles. The van der Waals surface area contributed by atoms with Crippen LogP contribution in [0.1, 0.15) is 116 Å². The lowest BCUT2D eigenvalue weighted by Gasteiger charge is -2.32. The van der Waals surface area contributed by atoms with Gasteiger partial charge in [0, 0.05) is 6.42 Å². The molecule has 0 aromatic carbocycles. The molecule has 174 valence electrons. The third kappa shape index (κ3) is 14.4. The number of rotatable bonds is 19. The Morgan fingerprint density at radius 2 is 1.38 bits per heavy atom. The molecule has 1 aliphatic rings. The molecule has 0 aromatic rings. The minimum absolute atomic E-state index is 0.192. The molecule has 0 aromatic heterocycles. The van der Waals surface area contributed by atoms with Crippen molar-refractivity contribution in [3.8, 4) is 0 Å². The van der Waals surface area contributed by atoms with E-state index in [-0.39, 0.29) is 19.0 Å². The Morgan fingerprint density at radius 3 is 1.93 bits per heavy atom. The first-order valence-corrected chi connectivity index (χ1v) is 12.4. The average molecular weight is 417 g/mol. The highest BCUT2D eigenvalue weighted by Crippen LogP contribution is 2.21. The minimum atomic E-state index is -0.610. The van der Waals surface area contributed by atoms with E-state index in [4.69, 9.17) is 14.6 Å². The van der Waals surface area contributed by atoms with Gasteiger partial charge in [0.05, 0.1) is 25.4 Å². The van der Waals surface area contributed by atoms with Gasteiger partial charge in [-0.25, -0.2) is 0 Å². The Balaban J connectivity index is 1.83. The van der Waals surface area contributed by atoms with Crippen LogP contribution in [0.2, 0.25) is 0 Å². The summed E-state index contributed by atoms with van der Waals surface area (Å²) in [5.74, 6) is 0. The van der Waals surface area contributed by atoms with Crippen LogP contribution in [0.5, 0.6) is 0 Å². The largest absolute Gasteiger partial charge is 0.394 e. The normalized spacial score (nSPS) is 23.4. The lowest BCUT2D eigenvalue weighted by molar-refractivity contribution is -0.230. The lowest BCUT2D eigenvalue weighted by atomic mass is 10.0. The molecule has 5 heteroatoms. The predicted molar refractivity (Wildman–Crippen MR) is 118 cm³/mol. The molecule has 0 amide bonds. The zero-order valence-electron chi connectivity index (χ0n) is 18.9. The van der Waals surface area contributed by atoms with Gasteiger partial charge in [-0.3, -0.25) is 0 Å². The summed E-state index contributed by atoms with van der Waals surface area (Å²) in [7, 11) is 0. The molecule has 4 atom stereocenters. The Morgan fingerprint density at radius 1 is 0.828 bits per heavy atom. The van der Waals surface area contributed by atoms with E-state index in [1.54, 1.807) is 0 Å². The number of unbranched alkanes of at least 4 members (excludes halogenated alkanes) is 12. The molecule has 1 fully saturated rings. The molecule has 1 saturated heterocycles. The van der Waals surface area contributed by atoms with Crippen LogP contribution in [0.25, 0.3) is 0 Å². The summed E-state index contributed by atoms with van der Waals surface area (Å²) < 4.78 is 11.2. The first-order chi connectivity index (χ1) is 14.2. The fourth-order valence-electron chi connectivity index (χ4n) is 4.01. The molecule has 0 aliphatic carbocycles. The summed E-state index contributed by atoms with van der Waals surface area (Å²) in [6, 6.07) is 0. The smallest absolute Gasteiger partial charge is 0.158 e. The van der Waals surface area contributed by atoms with Crippen LogP contribution in [-0.2, 0) is 9.47 Å². The van der Waals surface area contributed by atoms with Crippen LogP contribution in [-0.4, -0.2) is 53.1 Å². The topological polar surface area (TPSA) is 79.2 Å². The molecule has 1 aliphatic heterocycles. The van der Waals surface area contributed by atoms with E-state index < -0.39 is 12.2 Å². The fraction of sp³-hybridized carbons (Fsp3) is 1.00. The average Bonchev–Trinajstić information content (AvgIpc) is 2.72. The zero-order chi connectivity index (χ0) is 21.2. The second kappa shape index (κ2) is 18.6. The quantitative estimate of drug-likeness (QED) is 0.256. The first kappa shape index (κ1) is 26.8. The molecular formula is C24H48O5. The molecule has 0 spiro atoms. The summed E-state index contributed by atoms with van der Waals surface area (Å²) >= 11 is 0. The first-order valence-electron chi connectivity index (χ1n) is 12.4. The molecule has 0 bridgehead atoms. The molecular weight excluding hydrogens is 368 g/mol. The van der Waals surface area contributed by atoms with Gasteiger partial charge in [0.2, 0.25) is 0 Å².